The van der Waals surface area contributed by atoms with Crippen LogP contribution in [-0.4, -0.2) is 15.6 Å². The topological polar surface area (TPSA) is 34.9 Å². The Kier molecular flexibility index (Phi) is 3.03. The fourth-order valence-electron chi connectivity index (χ4n) is 1.09. The molecule has 0 aliphatic heterocycles. The number of Topliss-reactive ketones (excluding diaryl/α,β-unsaturated/α-hetero) is 1. The number of nitrogens with zero attached hydrogens (tertiary/aromatic N) is 2. The molecule has 0 atom stereocenters. The monoisotopic (exact) mass is 230 g/mol. The Labute approximate surface area is 79.9 Å². The van der Waals surface area contributed by atoms with Gasteiger partial charge < -0.3 is 0 Å². The number of hydrogen-bond acceptors (Lipinski definition) is 2. The molecule has 0 radical (unpaired) electrons. The lowest BCUT2D eigenvalue weighted by molar-refractivity contribution is 0.100. The van der Waals surface area contributed by atoms with Crippen molar-refractivity contribution in [2.75, 3.05) is 0 Å². The summed E-state index contributed by atoms with van der Waals surface area (Å²) < 4.78 is 2.51. The Morgan fingerprint density at radius 2 is 2.42 bits per heavy atom. The van der Waals surface area contributed by atoms with E-state index in [2.05, 4.69) is 28.0 Å². The average Bonchev–Trinajstić information content (AvgIpc) is 2.32. The number of aromatic nitrogens is 2. The van der Waals surface area contributed by atoms with Gasteiger partial charge in [-0.3, -0.25) is 9.48 Å². The van der Waals surface area contributed by atoms with E-state index < -0.39 is 0 Å². The maximum atomic E-state index is 11.1. The zero-order valence-electron chi connectivity index (χ0n) is 7.17. The first-order valence-electron chi connectivity index (χ1n) is 3.89. The van der Waals surface area contributed by atoms with Gasteiger partial charge in [-0.25, -0.2) is 0 Å². The van der Waals surface area contributed by atoms with Gasteiger partial charge in [0.25, 0.3) is 0 Å². The Morgan fingerprint density at radius 3 is 2.92 bits per heavy atom. The van der Waals surface area contributed by atoms with Crippen LogP contribution in [-0.2, 0) is 6.54 Å². The summed E-state index contributed by atoms with van der Waals surface area (Å²) >= 11 is 3.28. The average molecular weight is 231 g/mol. The molecule has 0 N–H and O–H groups in total. The van der Waals surface area contributed by atoms with Crippen molar-refractivity contribution >= 4 is 21.7 Å². The van der Waals surface area contributed by atoms with Gasteiger partial charge in [-0.1, -0.05) is 6.92 Å². The van der Waals surface area contributed by atoms with E-state index in [0.29, 0.717) is 5.69 Å². The molecule has 1 aromatic heterocycles. The molecule has 1 aromatic rings. The normalized spacial score (nSPS) is 10.2. The lowest BCUT2D eigenvalue weighted by Gasteiger charge is -2.02. The van der Waals surface area contributed by atoms with Crippen LogP contribution in [0.15, 0.2) is 10.7 Å². The zero-order valence-corrected chi connectivity index (χ0v) is 8.76. The molecular weight excluding hydrogens is 220 g/mol. The van der Waals surface area contributed by atoms with E-state index in [1.807, 2.05) is 0 Å². The number of hydrogen-bond donors (Lipinski definition) is 0. The van der Waals surface area contributed by atoms with Gasteiger partial charge in [0.15, 0.2) is 5.78 Å². The number of halogens is 1. The summed E-state index contributed by atoms with van der Waals surface area (Å²) in [6, 6.07) is 0. The van der Waals surface area contributed by atoms with E-state index in [0.717, 1.165) is 17.4 Å². The minimum absolute atomic E-state index is 0.0489. The molecule has 0 saturated carbocycles. The quantitative estimate of drug-likeness (QED) is 0.748. The second kappa shape index (κ2) is 3.85. The van der Waals surface area contributed by atoms with Crippen molar-refractivity contribution in [1.82, 2.24) is 9.78 Å². The van der Waals surface area contributed by atoms with E-state index in [-0.39, 0.29) is 5.78 Å². The number of carbonyl (C=O) groups is 1. The molecular formula is C8H11BrN2O. The van der Waals surface area contributed by atoms with Gasteiger partial charge in [-0.15, -0.1) is 0 Å². The van der Waals surface area contributed by atoms with E-state index in [9.17, 15) is 4.79 Å². The van der Waals surface area contributed by atoms with Gasteiger partial charge in [0.2, 0.25) is 0 Å². The van der Waals surface area contributed by atoms with E-state index in [1.54, 1.807) is 17.8 Å². The third-order valence-corrected chi connectivity index (χ3v) is 2.14. The molecule has 0 unspecified atom stereocenters. The van der Waals surface area contributed by atoms with Crippen molar-refractivity contribution in [2.24, 2.45) is 0 Å². The van der Waals surface area contributed by atoms with Crippen LogP contribution in [0.25, 0.3) is 0 Å². The Hall–Kier alpha value is -0.640. The first-order valence-corrected chi connectivity index (χ1v) is 4.68. The minimum atomic E-state index is 0.0489. The molecule has 0 amide bonds. The molecule has 1 heterocycles. The van der Waals surface area contributed by atoms with Crippen LogP contribution in [0.3, 0.4) is 0 Å². The summed E-state index contributed by atoms with van der Waals surface area (Å²) in [5.41, 5.74) is 0.664. The maximum absolute atomic E-state index is 11.1. The molecule has 0 aromatic carbocycles. The van der Waals surface area contributed by atoms with Crippen LogP contribution in [0, 0.1) is 0 Å². The summed E-state index contributed by atoms with van der Waals surface area (Å²) in [6.07, 6.45) is 2.64. The highest BCUT2D eigenvalue weighted by Gasteiger charge is 2.11. The first kappa shape index (κ1) is 9.45. The third-order valence-electron chi connectivity index (χ3n) is 1.56. The molecule has 66 valence electrons. The smallest absolute Gasteiger partial charge is 0.178 e. The van der Waals surface area contributed by atoms with Crippen LogP contribution in [0.4, 0.5) is 0 Å². The van der Waals surface area contributed by atoms with E-state index in [4.69, 9.17) is 0 Å². The van der Waals surface area contributed by atoms with Gasteiger partial charge in [0.05, 0.1) is 10.7 Å². The molecule has 1 rings (SSSR count). The fraction of sp³-hybridized carbons (Fsp3) is 0.500. The summed E-state index contributed by atoms with van der Waals surface area (Å²) in [7, 11) is 0. The highest BCUT2D eigenvalue weighted by molar-refractivity contribution is 9.10. The van der Waals surface area contributed by atoms with Crippen molar-refractivity contribution < 1.29 is 4.79 Å². The molecule has 0 bridgehead atoms. The molecule has 0 aliphatic carbocycles. The van der Waals surface area contributed by atoms with Crippen LogP contribution >= 0.6 is 15.9 Å². The molecule has 3 nitrogen and oxygen atoms in total. The number of aryl methyl sites for hydroxylation is 1. The lowest BCUT2D eigenvalue weighted by Crippen LogP contribution is -2.08. The summed E-state index contributed by atoms with van der Waals surface area (Å²) in [5.74, 6) is 0.0489. The van der Waals surface area contributed by atoms with Gasteiger partial charge >= 0.3 is 0 Å². The van der Waals surface area contributed by atoms with Crippen molar-refractivity contribution in [3.05, 3.63) is 16.4 Å². The standard InChI is InChI=1S/C8H11BrN2O/c1-3-4-11-8(6(2)12)7(9)5-10-11/h5H,3-4H2,1-2H3. The van der Waals surface area contributed by atoms with Gasteiger partial charge in [-0.2, -0.15) is 5.10 Å². The Morgan fingerprint density at radius 1 is 1.75 bits per heavy atom. The van der Waals surface area contributed by atoms with Crippen molar-refractivity contribution in [1.29, 1.82) is 0 Å². The maximum Gasteiger partial charge on any atom is 0.178 e. The summed E-state index contributed by atoms with van der Waals surface area (Å²) in [4.78, 5) is 11.1. The lowest BCUT2D eigenvalue weighted by atomic mass is 10.3. The predicted octanol–water partition coefficient (Wildman–Crippen LogP) is 2.26. The number of ketones is 1. The highest BCUT2D eigenvalue weighted by Crippen LogP contribution is 2.16. The second-order valence-electron chi connectivity index (χ2n) is 2.62. The fourth-order valence-corrected chi connectivity index (χ4v) is 1.67. The minimum Gasteiger partial charge on any atom is -0.293 e. The summed E-state index contributed by atoms with van der Waals surface area (Å²) in [5, 5.41) is 4.08. The summed E-state index contributed by atoms with van der Waals surface area (Å²) in [6.45, 7) is 4.40. The van der Waals surface area contributed by atoms with Gasteiger partial charge in [0, 0.05) is 13.5 Å². The second-order valence-corrected chi connectivity index (χ2v) is 3.47. The first-order chi connectivity index (χ1) is 5.66. The molecule has 4 heteroatoms. The van der Waals surface area contributed by atoms with Crippen molar-refractivity contribution in [3.63, 3.8) is 0 Å². The van der Waals surface area contributed by atoms with Crippen LogP contribution in [0.1, 0.15) is 30.8 Å². The zero-order chi connectivity index (χ0) is 9.14. The van der Waals surface area contributed by atoms with Crippen LogP contribution in [0.2, 0.25) is 0 Å². The molecule has 0 aliphatic rings. The highest BCUT2D eigenvalue weighted by atomic mass is 79.9. The number of rotatable bonds is 3. The van der Waals surface area contributed by atoms with E-state index in [1.165, 1.54) is 0 Å². The Bertz CT molecular complexity index is 293. The molecule has 12 heavy (non-hydrogen) atoms. The van der Waals surface area contributed by atoms with Crippen molar-refractivity contribution in [2.45, 2.75) is 26.8 Å². The molecule has 0 fully saturated rings. The van der Waals surface area contributed by atoms with Crippen molar-refractivity contribution in [3.8, 4) is 0 Å². The predicted molar refractivity (Wildman–Crippen MR) is 50.2 cm³/mol. The van der Waals surface area contributed by atoms with Gasteiger partial charge in [-0.05, 0) is 22.4 Å². The Balaban J connectivity index is 3.04. The van der Waals surface area contributed by atoms with Crippen LogP contribution in [0.5, 0.6) is 0 Å². The number of carbonyl (C=O) groups excluding carboxylic acids is 1. The van der Waals surface area contributed by atoms with Gasteiger partial charge in [0.1, 0.15) is 5.69 Å². The largest absolute Gasteiger partial charge is 0.293 e. The SMILES string of the molecule is CCCn1ncc(Br)c1C(C)=O. The van der Waals surface area contributed by atoms with Crippen LogP contribution < -0.4 is 0 Å². The van der Waals surface area contributed by atoms with E-state index >= 15 is 0 Å². The molecule has 0 spiro atoms. The third kappa shape index (κ3) is 1.75. The molecule has 0 saturated heterocycles.